The number of unbranched alkanes of at least 4 members (excludes halogenated alkanes) is 2. The molecule has 2 rings (SSSR count). The minimum Gasteiger partial charge on any atom is -0.494 e. The van der Waals surface area contributed by atoms with Crippen molar-refractivity contribution >= 4 is 52.1 Å². The van der Waals surface area contributed by atoms with Crippen LogP contribution in [0.1, 0.15) is 36.5 Å². The van der Waals surface area contributed by atoms with Gasteiger partial charge in [0.2, 0.25) is 0 Å². The second-order valence-electron chi connectivity index (χ2n) is 5.61. The van der Waals surface area contributed by atoms with Gasteiger partial charge in [-0.1, -0.05) is 43.0 Å². The molecular formula is C19H20Cl2N2O2S. The highest BCUT2D eigenvalue weighted by Gasteiger charge is 2.10. The maximum atomic E-state index is 12.3. The lowest BCUT2D eigenvalue weighted by atomic mass is 10.2. The number of nitrogens with one attached hydrogen (secondary N) is 2. The molecule has 0 saturated heterocycles. The standard InChI is InChI=1S/C19H20Cl2N2O2S/c1-2-3-4-11-25-15-8-5-13(6-9-15)18(24)23-19(26)22-17-10-7-14(20)12-16(17)21/h5-10,12H,2-4,11H2,1H3,(H2,22,23,24,26). The minimum atomic E-state index is -0.315. The maximum absolute atomic E-state index is 12.3. The Hall–Kier alpha value is -1.82. The van der Waals surface area contributed by atoms with Gasteiger partial charge in [-0.25, -0.2) is 0 Å². The molecule has 0 fully saturated rings. The van der Waals surface area contributed by atoms with Crippen LogP contribution in [0.4, 0.5) is 5.69 Å². The van der Waals surface area contributed by atoms with Gasteiger partial charge >= 0.3 is 0 Å². The van der Waals surface area contributed by atoms with Crippen molar-refractivity contribution in [3.05, 3.63) is 58.1 Å². The van der Waals surface area contributed by atoms with Gasteiger partial charge in [0, 0.05) is 10.6 Å². The second-order valence-corrected chi connectivity index (χ2v) is 6.86. The summed E-state index contributed by atoms with van der Waals surface area (Å²) in [6, 6.07) is 11.9. The smallest absolute Gasteiger partial charge is 0.257 e. The van der Waals surface area contributed by atoms with E-state index < -0.39 is 0 Å². The van der Waals surface area contributed by atoms with Crippen LogP contribution in [0, 0.1) is 0 Å². The highest BCUT2D eigenvalue weighted by Crippen LogP contribution is 2.25. The lowest BCUT2D eigenvalue weighted by molar-refractivity contribution is 0.0977. The van der Waals surface area contributed by atoms with Crippen LogP contribution in [0.2, 0.25) is 10.0 Å². The number of carbonyl (C=O) groups excluding carboxylic acids is 1. The molecule has 2 N–H and O–H groups in total. The van der Waals surface area contributed by atoms with Crippen molar-refractivity contribution in [1.29, 1.82) is 0 Å². The van der Waals surface area contributed by atoms with E-state index in [0.29, 0.717) is 27.9 Å². The third-order valence-corrected chi connectivity index (χ3v) is 4.29. The highest BCUT2D eigenvalue weighted by molar-refractivity contribution is 7.80. The van der Waals surface area contributed by atoms with Crippen LogP contribution >= 0.6 is 35.4 Å². The zero-order valence-corrected chi connectivity index (χ0v) is 16.7. The first kappa shape index (κ1) is 20.5. The lowest BCUT2D eigenvalue weighted by Crippen LogP contribution is -2.34. The Kier molecular flexibility index (Phi) is 8.16. The van der Waals surface area contributed by atoms with Crippen LogP contribution in [0.5, 0.6) is 5.75 Å². The molecule has 1 amide bonds. The number of thiocarbonyl (C=S) groups is 1. The van der Waals surface area contributed by atoms with Gasteiger partial charge in [0.25, 0.3) is 5.91 Å². The Labute approximate surface area is 168 Å². The number of amides is 1. The highest BCUT2D eigenvalue weighted by atomic mass is 35.5. The topological polar surface area (TPSA) is 50.4 Å². The Morgan fingerprint density at radius 2 is 1.85 bits per heavy atom. The van der Waals surface area contributed by atoms with Crippen LogP contribution < -0.4 is 15.4 Å². The third kappa shape index (κ3) is 6.48. The van der Waals surface area contributed by atoms with E-state index >= 15 is 0 Å². The van der Waals surface area contributed by atoms with Crippen molar-refractivity contribution in [1.82, 2.24) is 5.32 Å². The SMILES string of the molecule is CCCCCOc1ccc(C(=O)NC(=S)Nc2ccc(Cl)cc2Cl)cc1. The largest absolute Gasteiger partial charge is 0.494 e. The van der Waals surface area contributed by atoms with Crippen molar-refractivity contribution in [3.63, 3.8) is 0 Å². The zero-order valence-electron chi connectivity index (χ0n) is 14.4. The fraction of sp³-hybridized carbons (Fsp3) is 0.263. The van der Waals surface area contributed by atoms with Gasteiger partial charge in [-0.2, -0.15) is 0 Å². The first-order chi connectivity index (χ1) is 12.5. The molecule has 0 saturated carbocycles. The van der Waals surface area contributed by atoms with Gasteiger partial charge < -0.3 is 10.1 Å². The number of hydrogen-bond acceptors (Lipinski definition) is 3. The molecule has 0 heterocycles. The molecule has 0 spiro atoms. The molecule has 2 aromatic carbocycles. The normalized spacial score (nSPS) is 10.3. The van der Waals surface area contributed by atoms with Crippen molar-refractivity contribution in [2.75, 3.05) is 11.9 Å². The molecule has 0 unspecified atom stereocenters. The van der Waals surface area contributed by atoms with Gasteiger partial charge in [-0.15, -0.1) is 0 Å². The van der Waals surface area contributed by atoms with Gasteiger partial charge in [-0.05, 0) is 61.1 Å². The van der Waals surface area contributed by atoms with Gasteiger partial charge in [0.1, 0.15) is 5.75 Å². The summed E-state index contributed by atoms with van der Waals surface area (Å²) in [5.74, 6) is 0.427. The Morgan fingerprint density at radius 1 is 1.12 bits per heavy atom. The summed E-state index contributed by atoms with van der Waals surface area (Å²) in [4.78, 5) is 12.3. The summed E-state index contributed by atoms with van der Waals surface area (Å²) in [7, 11) is 0. The Bertz CT molecular complexity index is 767. The molecule has 0 aliphatic heterocycles. The van der Waals surface area contributed by atoms with Crippen LogP contribution in [0.3, 0.4) is 0 Å². The number of benzene rings is 2. The second kappa shape index (κ2) is 10.4. The number of ether oxygens (including phenoxy) is 1. The summed E-state index contributed by atoms with van der Waals surface area (Å²) in [5.41, 5.74) is 1.05. The predicted molar refractivity (Wildman–Crippen MR) is 112 cm³/mol. The molecule has 0 bridgehead atoms. The van der Waals surface area contributed by atoms with E-state index in [2.05, 4.69) is 17.6 Å². The van der Waals surface area contributed by atoms with E-state index in [0.717, 1.165) is 25.0 Å². The minimum absolute atomic E-state index is 0.152. The molecule has 0 aliphatic rings. The average molecular weight is 411 g/mol. The molecule has 138 valence electrons. The summed E-state index contributed by atoms with van der Waals surface area (Å²) < 4.78 is 5.63. The Balaban J connectivity index is 1.87. The first-order valence-corrected chi connectivity index (χ1v) is 9.46. The molecular weight excluding hydrogens is 391 g/mol. The zero-order chi connectivity index (χ0) is 18.9. The monoisotopic (exact) mass is 410 g/mol. The molecule has 2 aromatic rings. The van der Waals surface area contributed by atoms with Crippen molar-refractivity contribution in [2.24, 2.45) is 0 Å². The molecule has 7 heteroatoms. The summed E-state index contributed by atoms with van der Waals surface area (Å²) in [6.07, 6.45) is 3.31. The molecule has 0 atom stereocenters. The number of hydrogen-bond donors (Lipinski definition) is 2. The van der Waals surface area contributed by atoms with Gasteiger partial charge in [-0.3, -0.25) is 10.1 Å². The van der Waals surface area contributed by atoms with E-state index in [9.17, 15) is 4.79 Å². The summed E-state index contributed by atoms with van der Waals surface area (Å²) in [6.45, 7) is 2.82. The van der Waals surface area contributed by atoms with Gasteiger partial charge in [0.05, 0.1) is 17.3 Å². The van der Waals surface area contributed by atoms with E-state index in [4.69, 9.17) is 40.2 Å². The molecule has 0 radical (unpaired) electrons. The van der Waals surface area contributed by atoms with Crippen molar-refractivity contribution < 1.29 is 9.53 Å². The van der Waals surface area contributed by atoms with E-state index in [1.54, 1.807) is 42.5 Å². The summed E-state index contributed by atoms with van der Waals surface area (Å²) >= 11 is 17.1. The third-order valence-electron chi connectivity index (χ3n) is 3.54. The Morgan fingerprint density at radius 3 is 2.50 bits per heavy atom. The molecule has 0 aromatic heterocycles. The van der Waals surface area contributed by atoms with Crippen molar-refractivity contribution in [2.45, 2.75) is 26.2 Å². The first-order valence-electron chi connectivity index (χ1n) is 8.30. The fourth-order valence-corrected chi connectivity index (χ4v) is 2.82. The number of carbonyl (C=O) groups is 1. The van der Waals surface area contributed by atoms with Crippen LogP contribution in [0.25, 0.3) is 0 Å². The van der Waals surface area contributed by atoms with E-state index in [1.165, 1.54) is 0 Å². The fourth-order valence-electron chi connectivity index (χ4n) is 2.16. The number of rotatable bonds is 7. The maximum Gasteiger partial charge on any atom is 0.257 e. The van der Waals surface area contributed by atoms with Gasteiger partial charge in [0.15, 0.2) is 5.11 Å². The average Bonchev–Trinajstić information content (AvgIpc) is 2.61. The van der Waals surface area contributed by atoms with Crippen molar-refractivity contribution in [3.8, 4) is 5.75 Å². The quantitative estimate of drug-likeness (QED) is 0.454. The number of anilines is 1. The lowest BCUT2D eigenvalue weighted by Gasteiger charge is -2.11. The predicted octanol–water partition coefficient (Wildman–Crippen LogP) is 5.69. The van der Waals surface area contributed by atoms with E-state index in [-0.39, 0.29) is 11.0 Å². The van der Waals surface area contributed by atoms with E-state index in [1.807, 2.05) is 0 Å². The van der Waals surface area contributed by atoms with Crippen LogP contribution in [-0.2, 0) is 0 Å². The molecule has 26 heavy (non-hydrogen) atoms. The van der Waals surface area contributed by atoms with Crippen LogP contribution in [-0.4, -0.2) is 17.6 Å². The molecule has 4 nitrogen and oxygen atoms in total. The number of halogens is 2. The summed E-state index contributed by atoms with van der Waals surface area (Å²) in [5, 5.41) is 6.58. The van der Waals surface area contributed by atoms with Crippen LogP contribution in [0.15, 0.2) is 42.5 Å². The molecule has 0 aliphatic carbocycles.